The lowest BCUT2D eigenvalue weighted by molar-refractivity contribution is 0.140. The van der Waals surface area contributed by atoms with E-state index < -0.39 is 0 Å². The number of aromatic nitrogens is 2. The monoisotopic (exact) mass is 244 g/mol. The quantitative estimate of drug-likeness (QED) is 0.861. The second kappa shape index (κ2) is 6.23. The van der Waals surface area contributed by atoms with Crippen molar-refractivity contribution in [3.05, 3.63) is 18.5 Å². The van der Waals surface area contributed by atoms with E-state index in [2.05, 4.69) is 29.2 Å². The highest BCUT2D eigenvalue weighted by Gasteiger charge is 2.21. The average Bonchev–Trinajstić information content (AvgIpc) is 2.72. The lowest BCUT2D eigenvalue weighted by Gasteiger charge is -2.37. The van der Waals surface area contributed by atoms with Gasteiger partial charge in [0.1, 0.15) is 0 Å². The summed E-state index contributed by atoms with van der Waals surface area (Å²) < 4.78 is 2.00. The normalized spacial score (nSPS) is 26.4. The van der Waals surface area contributed by atoms with E-state index in [1.807, 2.05) is 23.1 Å². The number of halogens is 1. The first-order valence-corrected chi connectivity index (χ1v) is 5.70. The van der Waals surface area contributed by atoms with E-state index in [0.717, 1.165) is 26.2 Å². The molecular formula is C11H21ClN4. The molecule has 4 nitrogen and oxygen atoms in total. The molecule has 0 radical (unpaired) electrons. The van der Waals surface area contributed by atoms with Gasteiger partial charge in [-0.05, 0) is 19.9 Å². The lowest BCUT2D eigenvalue weighted by atomic mass is 10.1. The molecule has 2 unspecified atom stereocenters. The summed E-state index contributed by atoms with van der Waals surface area (Å²) in [5.41, 5.74) is 0. The van der Waals surface area contributed by atoms with Crippen molar-refractivity contribution in [2.24, 2.45) is 0 Å². The third kappa shape index (κ3) is 3.47. The molecule has 1 aromatic rings. The standard InChI is InChI=1S/C11H20N4.ClH/c1-10-9-14(11(2)8-12-10)6-7-15-5-3-4-13-15;/h3-5,10-12H,6-9H2,1-2H3;1H. The van der Waals surface area contributed by atoms with Crippen LogP contribution in [0.4, 0.5) is 0 Å². The maximum absolute atomic E-state index is 4.22. The van der Waals surface area contributed by atoms with Gasteiger partial charge in [0.2, 0.25) is 0 Å². The summed E-state index contributed by atoms with van der Waals surface area (Å²) in [5, 5.41) is 7.71. The minimum atomic E-state index is 0. The number of piperazine rings is 1. The SMILES string of the molecule is CC1CN(CCn2cccn2)C(C)CN1.Cl. The Labute approximate surface area is 103 Å². The van der Waals surface area contributed by atoms with Crippen LogP contribution >= 0.6 is 12.4 Å². The molecule has 1 aliphatic heterocycles. The Bertz CT molecular complexity index is 288. The average molecular weight is 245 g/mol. The van der Waals surface area contributed by atoms with Gasteiger partial charge in [-0.25, -0.2) is 0 Å². The number of nitrogens with zero attached hydrogens (tertiary/aromatic N) is 3. The van der Waals surface area contributed by atoms with Crippen LogP contribution in [0.2, 0.25) is 0 Å². The molecule has 92 valence electrons. The third-order valence-corrected chi connectivity index (χ3v) is 3.07. The maximum Gasteiger partial charge on any atom is 0.0536 e. The van der Waals surface area contributed by atoms with Gasteiger partial charge in [0.25, 0.3) is 0 Å². The van der Waals surface area contributed by atoms with Gasteiger partial charge in [0.05, 0.1) is 6.54 Å². The molecule has 0 spiro atoms. The summed E-state index contributed by atoms with van der Waals surface area (Å²) in [6.07, 6.45) is 3.86. The molecule has 1 fully saturated rings. The zero-order valence-electron chi connectivity index (χ0n) is 9.97. The van der Waals surface area contributed by atoms with Gasteiger partial charge >= 0.3 is 0 Å². The van der Waals surface area contributed by atoms with Crippen LogP contribution in [0.5, 0.6) is 0 Å². The van der Waals surface area contributed by atoms with Gasteiger partial charge in [0.15, 0.2) is 0 Å². The van der Waals surface area contributed by atoms with Crippen LogP contribution in [0.1, 0.15) is 13.8 Å². The second-order valence-corrected chi connectivity index (χ2v) is 4.42. The fourth-order valence-electron chi connectivity index (χ4n) is 2.07. The number of rotatable bonds is 3. The minimum absolute atomic E-state index is 0. The van der Waals surface area contributed by atoms with Gasteiger partial charge in [0, 0.05) is 44.1 Å². The maximum atomic E-state index is 4.22. The molecule has 2 heterocycles. The first-order valence-electron chi connectivity index (χ1n) is 5.70. The van der Waals surface area contributed by atoms with Crippen LogP contribution in [0.3, 0.4) is 0 Å². The fraction of sp³-hybridized carbons (Fsp3) is 0.727. The summed E-state index contributed by atoms with van der Waals surface area (Å²) in [7, 11) is 0. The summed E-state index contributed by atoms with van der Waals surface area (Å²) in [6, 6.07) is 3.22. The van der Waals surface area contributed by atoms with E-state index in [4.69, 9.17) is 0 Å². The smallest absolute Gasteiger partial charge is 0.0536 e. The number of nitrogens with one attached hydrogen (secondary N) is 1. The van der Waals surface area contributed by atoms with Crippen LogP contribution in [0.25, 0.3) is 0 Å². The van der Waals surface area contributed by atoms with Crippen LogP contribution in [-0.2, 0) is 6.54 Å². The lowest BCUT2D eigenvalue weighted by Crippen LogP contribution is -2.54. The molecule has 2 rings (SSSR count). The molecule has 1 aliphatic rings. The molecule has 0 aliphatic carbocycles. The van der Waals surface area contributed by atoms with Gasteiger partial charge in [-0.3, -0.25) is 9.58 Å². The predicted molar refractivity (Wildman–Crippen MR) is 68.0 cm³/mol. The van der Waals surface area contributed by atoms with Crippen molar-refractivity contribution in [1.82, 2.24) is 20.0 Å². The fourth-order valence-corrected chi connectivity index (χ4v) is 2.07. The van der Waals surface area contributed by atoms with Crippen molar-refractivity contribution < 1.29 is 0 Å². The van der Waals surface area contributed by atoms with E-state index in [-0.39, 0.29) is 12.4 Å². The van der Waals surface area contributed by atoms with Gasteiger partial charge < -0.3 is 5.32 Å². The van der Waals surface area contributed by atoms with Crippen molar-refractivity contribution in [3.8, 4) is 0 Å². The summed E-state index contributed by atoms with van der Waals surface area (Å²) >= 11 is 0. The largest absolute Gasteiger partial charge is 0.311 e. The molecular weight excluding hydrogens is 224 g/mol. The molecule has 2 atom stereocenters. The number of hydrogen-bond donors (Lipinski definition) is 1. The number of hydrogen-bond acceptors (Lipinski definition) is 3. The zero-order chi connectivity index (χ0) is 10.7. The summed E-state index contributed by atoms with van der Waals surface area (Å²) in [5.74, 6) is 0. The van der Waals surface area contributed by atoms with Crippen molar-refractivity contribution >= 4 is 12.4 Å². The highest BCUT2D eigenvalue weighted by Crippen LogP contribution is 2.06. The minimum Gasteiger partial charge on any atom is -0.311 e. The van der Waals surface area contributed by atoms with E-state index in [1.165, 1.54) is 0 Å². The van der Waals surface area contributed by atoms with Crippen molar-refractivity contribution in [2.45, 2.75) is 32.5 Å². The molecule has 1 saturated heterocycles. The van der Waals surface area contributed by atoms with Gasteiger partial charge in [-0.2, -0.15) is 5.10 Å². The van der Waals surface area contributed by atoms with E-state index in [9.17, 15) is 0 Å². The van der Waals surface area contributed by atoms with Crippen LogP contribution in [0, 0.1) is 0 Å². The van der Waals surface area contributed by atoms with E-state index in [1.54, 1.807) is 0 Å². The van der Waals surface area contributed by atoms with Crippen molar-refractivity contribution in [1.29, 1.82) is 0 Å². The van der Waals surface area contributed by atoms with E-state index >= 15 is 0 Å². The molecule has 0 saturated carbocycles. The van der Waals surface area contributed by atoms with Crippen molar-refractivity contribution in [3.63, 3.8) is 0 Å². The van der Waals surface area contributed by atoms with Gasteiger partial charge in [-0.15, -0.1) is 12.4 Å². The topological polar surface area (TPSA) is 33.1 Å². The molecule has 1 N–H and O–H groups in total. The van der Waals surface area contributed by atoms with E-state index in [0.29, 0.717) is 12.1 Å². The molecule has 0 amide bonds. The Hall–Kier alpha value is -0.580. The highest BCUT2D eigenvalue weighted by atomic mass is 35.5. The highest BCUT2D eigenvalue weighted by molar-refractivity contribution is 5.85. The van der Waals surface area contributed by atoms with Crippen molar-refractivity contribution in [2.75, 3.05) is 19.6 Å². The molecule has 0 aromatic carbocycles. The second-order valence-electron chi connectivity index (χ2n) is 4.42. The Morgan fingerprint density at radius 2 is 2.19 bits per heavy atom. The first kappa shape index (κ1) is 13.5. The predicted octanol–water partition coefficient (Wildman–Crippen LogP) is 0.987. The molecule has 16 heavy (non-hydrogen) atoms. The molecule has 0 bridgehead atoms. The summed E-state index contributed by atoms with van der Waals surface area (Å²) in [6.45, 7) is 8.84. The van der Waals surface area contributed by atoms with Crippen LogP contribution in [0.15, 0.2) is 18.5 Å². The Balaban J connectivity index is 0.00000128. The summed E-state index contributed by atoms with van der Waals surface area (Å²) in [4.78, 5) is 2.53. The van der Waals surface area contributed by atoms with Gasteiger partial charge in [-0.1, -0.05) is 0 Å². The Morgan fingerprint density at radius 3 is 2.88 bits per heavy atom. The first-order chi connectivity index (χ1) is 7.25. The van der Waals surface area contributed by atoms with Crippen LogP contribution in [-0.4, -0.2) is 46.4 Å². The zero-order valence-corrected chi connectivity index (χ0v) is 10.8. The third-order valence-electron chi connectivity index (χ3n) is 3.07. The Morgan fingerprint density at radius 1 is 1.38 bits per heavy atom. The molecule has 5 heteroatoms. The van der Waals surface area contributed by atoms with Crippen LogP contribution < -0.4 is 5.32 Å². The molecule has 1 aromatic heterocycles. The Kier molecular flexibility index (Phi) is 5.25.